The largest absolute Gasteiger partial charge is 0.310 e. The van der Waals surface area contributed by atoms with Crippen LogP contribution in [0.2, 0.25) is 0 Å². The number of benzene rings is 11. The van der Waals surface area contributed by atoms with Gasteiger partial charge in [-0.15, -0.1) is 0 Å². The summed E-state index contributed by atoms with van der Waals surface area (Å²) in [5.41, 5.74) is 17.9. The molecule has 0 radical (unpaired) electrons. The van der Waals surface area contributed by atoms with Gasteiger partial charge in [0.05, 0.1) is 27.8 Å². The average molecular weight is 917 g/mol. The minimum absolute atomic E-state index is 0.979. The molecule has 0 spiro atoms. The summed E-state index contributed by atoms with van der Waals surface area (Å²) in [5.74, 6) is 0. The molecule has 336 valence electrons. The molecule has 3 heterocycles. The highest BCUT2D eigenvalue weighted by molar-refractivity contribution is 6.25. The van der Waals surface area contributed by atoms with Gasteiger partial charge in [-0.3, -0.25) is 9.97 Å². The van der Waals surface area contributed by atoms with Crippen molar-refractivity contribution in [2.24, 2.45) is 0 Å². The van der Waals surface area contributed by atoms with E-state index in [4.69, 9.17) is 9.97 Å². The summed E-state index contributed by atoms with van der Waals surface area (Å²) in [7, 11) is 0. The van der Waals surface area contributed by atoms with Crippen molar-refractivity contribution in [2.45, 2.75) is 0 Å². The van der Waals surface area contributed by atoms with Gasteiger partial charge >= 0.3 is 0 Å². The van der Waals surface area contributed by atoms with E-state index in [9.17, 15) is 0 Å². The highest BCUT2D eigenvalue weighted by Crippen LogP contribution is 2.50. The number of para-hydroxylation sites is 3. The van der Waals surface area contributed by atoms with Crippen LogP contribution in [0.3, 0.4) is 0 Å². The fourth-order valence-corrected chi connectivity index (χ4v) is 11.2. The molecule has 0 unspecified atom stereocenters. The Labute approximate surface area is 417 Å². The Bertz CT molecular complexity index is 4350. The van der Waals surface area contributed by atoms with E-state index in [1.54, 1.807) is 0 Å². The number of aromatic nitrogens is 3. The van der Waals surface area contributed by atoms with Crippen LogP contribution in [0.25, 0.3) is 115 Å². The molecule has 0 aliphatic carbocycles. The van der Waals surface area contributed by atoms with Crippen molar-refractivity contribution in [1.82, 2.24) is 14.5 Å². The first-order chi connectivity index (χ1) is 35.7. The molecule has 0 amide bonds. The summed E-state index contributed by atoms with van der Waals surface area (Å²) in [6, 6.07) is 92.7. The third-order valence-electron chi connectivity index (χ3n) is 14.4. The molecule has 0 N–H and O–H groups in total. The van der Waals surface area contributed by atoms with Gasteiger partial charge in [0.1, 0.15) is 0 Å². The van der Waals surface area contributed by atoms with Gasteiger partial charge in [-0.2, -0.15) is 0 Å². The topological polar surface area (TPSA) is 34.0 Å². The number of hydrogen-bond donors (Lipinski definition) is 0. The van der Waals surface area contributed by atoms with Gasteiger partial charge in [0.25, 0.3) is 0 Å². The second kappa shape index (κ2) is 17.1. The first-order valence-electron chi connectivity index (χ1n) is 24.5. The summed E-state index contributed by atoms with van der Waals surface area (Å²) in [6.45, 7) is 0. The Morgan fingerprint density at radius 1 is 0.306 bits per heavy atom. The molecule has 72 heavy (non-hydrogen) atoms. The lowest BCUT2D eigenvalue weighted by atomic mass is 9.84. The highest BCUT2D eigenvalue weighted by Gasteiger charge is 2.24. The first-order valence-corrected chi connectivity index (χ1v) is 24.5. The van der Waals surface area contributed by atoms with E-state index < -0.39 is 0 Å². The molecule has 0 atom stereocenters. The zero-order valence-electron chi connectivity index (χ0n) is 39.2. The van der Waals surface area contributed by atoms with Gasteiger partial charge in [0.15, 0.2) is 0 Å². The van der Waals surface area contributed by atoms with Gasteiger partial charge in [-0.05, 0) is 152 Å². The third kappa shape index (κ3) is 6.92. The number of hydrogen-bond acceptors (Lipinski definition) is 3. The van der Waals surface area contributed by atoms with Gasteiger partial charge in [-0.25, -0.2) is 0 Å². The zero-order chi connectivity index (χ0) is 47.5. The van der Waals surface area contributed by atoms with Crippen molar-refractivity contribution >= 4 is 82.2 Å². The Morgan fingerprint density at radius 3 is 1.39 bits per heavy atom. The lowest BCUT2D eigenvalue weighted by Gasteiger charge is -2.29. The van der Waals surface area contributed by atoms with Gasteiger partial charge < -0.3 is 9.47 Å². The second-order valence-corrected chi connectivity index (χ2v) is 18.5. The van der Waals surface area contributed by atoms with Crippen molar-refractivity contribution < 1.29 is 0 Å². The summed E-state index contributed by atoms with van der Waals surface area (Å²) in [5, 5.41) is 9.45. The molecule has 14 rings (SSSR count). The maximum atomic E-state index is 4.73. The van der Waals surface area contributed by atoms with E-state index in [2.05, 4.69) is 252 Å². The molecule has 4 nitrogen and oxygen atoms in total. The van der Waals surface area contributed by atoms with Crippen molar-refractivity contribution in [3.63, 3.8) is 0 Å². The van der Waals surface area contributed by atoms with E-state index in [0.29, 0.717) is 0 Å². The van der Waals surface area contributed by atoms with Crippen LogP contribution in [0.5, 0.6) is 0 Å². The number of pyridine rings is 2. The smallest absolute Gasteiger partial charge is 0.0708 e. The quantitative estimate of drug-likeness (QED) is 0.142. The van der Waals surface area contributed by atoms with Crippen LogP contribution in [0.15, 0.2) is 267 Å². The molecule has 14 aromatic rings. The minimum Gasteiger partial charge on any atom is -0.310 e. The fraction of sp³-hybridized carbons (Fsp3) is 0. The molecule has 0 bridgehead atoms. The minimum atomic E-state index is 0.979. The van der Waals surface area contributed by atoms with Gasteiger partial charge in [-0.1, -0.05) is 164 Å². The Balaban J connectivity index is 1.03. The lowest BCUT2D eigenvalue weighted by molar-refractivity contribution is 1.17. The van der Waals surface area contributed by atoms with Crippen LogP contribution in [0.1, 0.15) is 0 Å². The second-order valence-electron chi connectivity index (χ2n) is 18.5. The Kier molecular flexibility index (Phi) is 9.82. The highest BCUT2D eigenvalue weighted by atomic mass is 15.1. The van der Waals surface area contributed by atoms with E-state index in [-0.39, 0.29) is 0 Å². The van der Waals surface area contributed by atoms with Crippen LogP contribution >= 0.6 is 0 Å². The third-order valence-corrected chi connectivity index (χ3v) is 14.4. The molecular formula is C68H44N4. The average Bonchev–Trinajstić information content (AvgIpc) is 3.79. The van der Waals surface area contributed by atoms with Crippen molar-refractivity contribution in [3.05, 3.63) is 267 Å². The summed E-state index contributed by atoms with van der Waals surface area (Å²) in [4.78, 5) is 11.9. The molecule has 3 aromatic heterocycles. The maximum Gasteiger partial charge on any atom is 0.0708 e. The molecule has 0 fully saturated rings. The van der Waals surface area contributed by atoms with E-state index in [1.807, 2.05) is 24.5 Å². The molecule has 0 aliphatic heterocycles. The van der Waals surface area contributed by atoms with Gasteiger partial charge in [0, 0.05) is 56.4 Å². The van der Waals surface area contributed by atoms with E-state index >= 15 is 0 Å². The zero-order valence-corrected chi connectivity index (χ0v) is 39.2. The van der Waals surface area contributed by atoms with Crippen LogP contribution in [-0.4, -0.2) is 14.5 Å². The molecule has 0 saturated heterocycles. The number of rotatable bonds is 8. The van der Waals surface area contributed by atoms with Crippen molar-refractivity contribution in [1.29, 1.82) is 0 Å². The SMILES string of the molecule is c1ccc(N(c2ccc(-n3c4ccccc4c4ccccc43)cc2)c2cccc3c(-c4cccc(-c5ccc6cccnc6c5)c4)c4ccccc4c(-c4cccc(-c5ccc6cccnc6c5)c4)c23)cc1. The molecule has 0 aliphatic rings. The Hall–Kier alpha value is -9.64. The van der Waals surface area contributed by atoms with Crippen LogP contribution in [-0.2, 0) is 0 Å². The standard InChI is InChI=1S/C68H44N4/c1-2-21-53(22-3-1)71(54-35-37-55(38-36-54)72-63-28-8-6-23-56(63)57-24-7-9-29-64(57)72)65-30-12-27-60-66(51-17-10-15-47(41-51)49-33-31-45-19-13-39-69-61(45)43-49)58-25-4-5-26-59(58)67(68(60)65)52-18-11-16-48(42-52)50-34-32-46-20-14-40-70-62(46)44-50/h1-44H. The van der Waals surface area contributed by atoms with Crippen LogP contribution in [0, 0.1) is 0 Å². The molecule has 4 heteroatoms. The van der Waals surface area contributed by atoms with Crippen LogP contribution < -0.4 is 4.90 Å². The first kappa shape index (κ1) is 41.3. The monoisotopic (exact) mass is 916 g/mol. The Morgan fingerprint density at radius 2 is 0.778 bits per heavy atom. The summed E-state index contributed by atoms with van der Waals surface area (Å²) < 4.78 is 2.39. The molecular weight excluding hydrogens is 873 g/mol. The number of fused-ring (bicyclic) bond motifs is 7. The number of anilines is 3. The summed E-state index contributed by atoms with van der Waals surface area (Å²) in [6.07, 6.45) is 3.74. The predicted molar refractivity (Wildman–Crippen MR) is 303 cm³/mol. The molecule has 0 saturated carbocycles. The fourth-order valence-electron chi connectivity index (χ4n) is 11.2. The van der Waals surface area contributed by atoms with E-state index in [1.165, 1.54) is 54.5 Å². The predicted octanol–water partition coefficient (Wildman–Crippen LogP) is 18.3. The normalized spacial score (nSPS) is 11.6. The van der Waals surface area contributed by atoms with Gasteiger partial charge in [0.2, 0.25) is 0 Å². The number of nitrogens with zero attached hydrogens (tertiary/aromatic N) is 4. The summed E-state index contributed by atoms with van der Waals surface area (Å²) >= 11 is 0. The van der Waals surface area contributed by atoms with Crippen LogP contribution in [0.4, 0.5) is 17.1 Å². The van der Waals surface area contributed by atoms with Crippen molar-refractivity contribution in [2.75, 3.05) is 4.90 Å². The lowest BCUT2D eigenvalue weighted by Crippen LogP contribution is -2.11. The maximum absolute atomic E-state index is 4.73. The molecule has 11 aromatic carbocycles. The van der Waals surface area contributed by atoms with E-state index in [0.717, 1.165) is 77.9 Å². The van der Waals surface area contributed by atoms with Crippen molar-refractivity contribution in [3.8, 4) is 50.2 Å².